The van der Waals surface area contributed by atoms with Gasteiger partial charge in [0.25, 0.3) is 0 Å². The van der Waals surface area contributed by atoms with Gasteiger partial charge < -0.3 is 0 Å². The van der Waals surface area contributed by atoms with Crippen LogP contribution in [0.25, 0.3) is 0 Å². The van der Waals surface area contributed by atoms with Gasteiger partial charge in [-0.3, -0.25) is 4.99 Å². The smallest absolute Gasteiger partial charge is 0.0535 e. The fourth-order valence-electron chi connectivity index (χ4n) is 1.58. The van der Waals surface area contributed by atoms with Crippen molar-refractivity contribution in [3.05, 3.63) is 0 Å². The van der Waals surface area contributed by atoms with Crippen LogP contribution in [-0.4, -0.2) is 16.0 Å². The summed E-state index contributed by atoms with van der Waals surface area (Å²) in [4.78, 5) is 4.56. The Hall–Kier alpha value is 0.110. The van der Waals surface area contributed by atoms with E-state index in [4.69, 9.17) is 12.2 Å². The molecule has 0 aliphatic heterocycles. The average Bonchev–Trinajstić information content (AvgIpc) is 2.33. The first-order valence-corrected chi connectivity index (χ1v) is 5.26. The van der Waals surface area contributed by atoms with E-state index in [2.05, 4.69) is 31.5 Å². The zero-order chi connectivity index (χ0) is 9.14. The fourth-order valence-corrected chi connectivity index (χ4v) is 2.11. The van der Waals surface area contributed by atoms with Gasteiger partial charge in [-0.25, -0.2) is 0 Å². The van der Waals surface area contributed by atoms with Crippen LogP contribution in [0.5, 0.6) is 0 Å². The van der Waals surface area contributed by atoms with Crippen molar-refractivity contribution in [2.24, 2.45) is 10.9 Å². The van der Waals surface area contributed by atoms with E-state index in [9.17, 15) is 0 Å². The second kappa shape index (κ2) is 4.38. The van der Waals surface area contributed by atoms with Crippen molar-refractivity contribution in [2.45, 2.75) is 39.2 Å². The van der Waals surface area contributed by atoms with Crippen LogP contribution in [0.1, 0.15) is 33.1 Å². The molecule has 1 aliphatic rings. The summed E-state index contributed by atoms with van der Waals surface area (Å²) in [7, 11) is 0. The number of thiocarbonyl (C=S) groups is 1. The van der Waals surface area contributed by atoms with E-state index in [-0.39, 0.29) is 0 Å². The van der Waals surface area contributed by atoms with Gasteiger partial charge in [-0.05, 0) is 33.1 Å². The Balaban J connectivity index is 2.70. The van der Waals surface area contributed by atoms with Crippen LogP contribution in [0.15, 0.2) is 4.99 Å². The first-order valence-electron chi connectivity index (χ1n) is 4.40. The molecule has 0 aromatic rings. The molecular weight excluding hydrogens is 186 g/mol. The molecule has 1 nitrogen and oxygen atoms in total. The lowest BCUT2D eigenvalue weighted by atomic mass is 10.1. The predicted octanol–water partition coefficient (Wildman–Crippen LogP) is 2.89. The third-order valence-electron chi connectivity index (χ3n) is 2.05. The highest BCUT2D eigenvalue weighted by atomic mass is 32.1. The van der Waals surface area contributed by atoms with Crippen LogP contribution in [0.3, 0.4) is 0 Å². The highest BCUT2D eigenvalue weighted by Gasteiger charge is 2.24. The molecule has 12 heavy (non-hydrogen) atoms. The third-order valence-corrected chi connectivity index (χ3v) is 2.65. The van der Waals surface area contributed by atoms with E-state index in [1.165, 1.54) is 12.1 Å². The standard InChI is InChI=1S/C9H15NS2/c1-6(2)10-8-5-3-4-7(8)9(11)12/h6-7H,3-5H2,1-2H3,(H,11,12). The van der Waals surface area contributed by atoms with Gasteiger partial charge >= 0.3 is 0 Å². The zero-order valence-corrected chi connectivity index (χ0v) is 9.29. The topological polar surface area (TPSA) is 12.4 Å². The van der Waals surface area contributed by atoms with E-state index in [0.717, 1.165) is 17.0 Å². The van der Waals surface area contributed by atoms with Crippen molar-refractivity contribution >= 4 is 34.8 Å². The minimum absolute atomic E-state index is 0.380. The highest BCUT2D eigenvalue weighted by molar-refractivity contribution is 8.11. The molecule has 0 aromatic heterocycles. The molecule has 1 unspecified atom stereocenters. The summed E-state index contributed by atoms with van der Waals surface area (Å²) in [6.07, 6.45) is 3.48. The molecule has 68 valence electrons. The SMILES string of the molecule is CC(C)N=C1CCCC1C(=S)S. The molecular formula is C9H15NS2. The van der Waals surface area contributed by atoms with Crippen LogP contribution in [-0.2, 0) is 0 Å². The number of rotatable bonds is 2. The van der Waals surface area contributed by atoms with Crippen molar-refractivity contribution in [3.8, 4) is 0 Å². The van der Waals surface area contributed by atoms with Gasteiger partial charge in [0, 0.05) is 17.7 Å². The van der Waals surface area contributed by atoms with Crippen LogP contribution in [0.4, 0.5) is 0 Å². The lowest BCUT2D eigenvalue weighted by Crippen LogP contribution is -2.14. The number of hydrogen-bond donors (Lipinski definition) is 1. The maximum atomic E-state index is 5.07. The van der Waals surface area contributed by atoms with E-state index in [0.29, 0.717) is 12.0 Å². The summed E-state index contributed by atoms with van der Waals surface area (Å²) >= 11 is 9.29. The lowest BCUT2D eigenvalue weighted by Gasteiger charge is -2.09. The molecule has 1 aliphatic carbocycles. The maximum Gasteiger partial charge on any atom is 0.0535 e. The van der Waals surface area contributed by atoms with E-state index >= 15 is 0 Å². The lowest BCUT2D eigenvalue weighted by molar-refractivity contribution is 0.811. The number of aliphatic imine (C=N–C) groups is 1. The van der Waals surface area contributed by atoms with Gasteiger partial charge in [-0.1, -0.05) is 12.2 Å². The Kier molecular flexibility index (Phi) is 3.72. The predicted molar refractivity (Wildman–Crippen MR) is 61.5 cm³/mol. The summed E-state index contributed by atoms with van der Waals surface area (Å²) < 4.78 is 0.812. The van der Waals surface area contributed by atoms with Gasteiger partial charge in [0.1, 0.15) is 0 Å². The van der Waals surface area contributed by atoms with E-state index in [1.54, 1.807) is 0 Å². The molecule has 1 fully saturated rings. The first kappa shape index (κ1) is 10.2. The molecule has 0 heterocycles. The van der Waals surface area contributed by atoms with Crippen molar-refractivity contribution in [1.82, 2.24) is 0 Å². The van der Waals surface area contributed by atoms with E-state index in [1.807, 2.05) is 0 Å². The summed E-state index contributed by atoms with van der Waals surface area (Å²) in [6.45, 7) is 4.20. The second-order valence-electron chi connectivity index (χ2n) is 3.50. The van der Waals surface area contributed by atoms with Gasteiger partial charge in [0.15, 0.2) is 0 Å². The highest BCUT2D eigenvalue weighted by Crippen LogP contribution is 2.26. The fraction of sp³-hybridized carbons (Fsp3) is 0.778. The summed E-state index contributed by atoms with van der Waals surface area (Å²) in [5.74, 6) is 0.380. The van der Waals surface area contributed by atoms with Crippen molar-refractivity contribution in [3.63, 3.8) is 0 Å². The first-order chi connectivity index (χ1) is 5.61. The normalized spacial score (nSPS) is 27.0. The molecule has 0 aromatic carbocycles. The molecule has 0 N–H and O–H groups in total. The molecule has 1 atom stereocenters. The average molecular weight is 201 g/mol. The quantitative estimate of drug-likeness (QED) is 0.535. The molecule has 3 heteroatoms. The zero-order valence-electron chi connectivity index (χ0n) is 7.58. The molecule has 0 amide bonds. The summed E-state index contributed by atoms with van der Waals surface area (Å²) in [5, 5.41) is 0. The molecule has 1 saturated carbocycles. The maximum absolute atomic E-state index is 5.07. The molecule has 0 saturated heterocycles. The molecule has 0 radical (unpaired) electrons. The molecule has 1 rings (SSSR count). The minimum Gasteiger partial charge on any atom is -0.291 e. The number of hydrogen-bond acceptors (Lipinski definition) is 2. The number of nitrogens with zero attached hydrogens (tertiary/aromatic N) is 1. The Bertz CT molecular complexity index is 209. The number of thiol groups is 1. The van der Waals surface area contributed by atoms with Gasteiger partial charge in [-0.2, -0.15) is 0 Å². The van der Waals surface area contributed by atoms with Gasteiger partial charge in [0.05, 0.1) is 4.20 Å². The van der Waals surface area contributed by atoms with Crippen LogP contribution in [0.2, 0.25) is 0 Å². The van der Waals surface area contributed by atoms with Gasteiger partial charge in [0.2, 0.25) is 0 Å². The molecule has 0 spiro atoms. The Morgan fingerprint density at radius 2 is 2.33 bits per heavy atom. The largest absolute Gasteiger partial charge is 0.291 e. The second-order valence-corrected chi connectivity index (χ2v) is 4.72. The van der Waals surface area contributed by atoms with Crippen LogP contribution < -0.4 is 0 Å². The monoisotopic (exact) mass is 201 g/mol. The third kappa shape index (κ3) is 2.56. The Morgan fingerprint density at radius 1 is 1.67 bits per heavy atom. The Morgan fingerprint density at radius 3 is 2.83 bits per heavy atom. The Labute approximate surface area is 85.1 Å². The van der Waals surface area contributed by atoms with Crippen LogP contribution in [0, 0.1) is 5.92 Å². The van der Waals surface area contributed by atoms with Gasteiger partial charge in [-0.15, -0.1) is 12.6 Å². The van der Waals surface area contributed by atoms with E-state index < -0.39 is 0 Å². The van der Waals surface area contributed by atoms with Crippen molar-refractivity contribution in [2.75, 3.05) is 0 Å². The molecule has 0 bridgehead atoms. The van der Waals surface area contributed by atoms with Crippen molar-refractivity contribution in [1.29, 1.82) is 0 Å². The van der Waals surface area contributed by atoms with Crippen molar-refractivity contribution < 1.29 is 0 Å². The summed E-state index contributed by atoms with van der Waals surface area (Å²) in [6, 6.07) is 0.392. The minimum atomic E-state index is 0.380. The van der Waals surface area contributed by atoms with Crippen LogP contribution >= 0.6 is 24.8 Å². The summed E-state index contributed by atoms with van der Waals surface area (Å²) in [5.41, 5.74) is 1.27.